The second kappa shape index (κ2) is 8.49. The van der Waals surface area contributed by atoms with E-state index in [9.17, 15) is 0 Å². The summed E-state index contributed by atoms with van der Waals surface area (Å²) >= 11 is 2.02. The minimum atomic E-state index is 0.786. The molecule has 1 aromatic carbocycles. The summed E-state index contributed by atoms with van der Waals surface area (Å²) in [6.45, 7) is 5.69. The molecule has 1 aromatic rings. The van der Waals surface area contributed by atoms with E-state index in [2.05, 4.69) is 41.8 Å². The van der Waals surface area contributed by atoms with Gasteiger partial charge in [0.25, 0.3) is 0 Å². The molecule has 1 aliphatic rings. The first-order chi connectivity index (χ1) is 9.38. The van der Waals surface area contributed by atoms with Crippen molar-refractivity contribution in [3.63, 3.8) is 0 Å². The first-order valence-corrected chi connectivity index (χ1v) is 8.65. The van der Waals surface area contributed by atoms with Gasteiger partial charge in [0.2, 0.25) is 0 Å². The second-order valence-electron chi connectivity index (χ2n) is 5.34. The van der Waals surface area contributed by atoms with Crippen LogP contribution in [0.4, 0.5) is 5.69 Å². The van der Waals surface area contributed by atoms with Gasteiger partial charge in [0.05, 0.1) is 0 Å². The third kappa shape index (κ3) is 5.45. The summed E-state index contributed by atoms with van der Waals surface area (Å²) in [6, 6.07) is 8.95. The molecular weight excluding hydrogens is 252 g/mol. The van der Waals surface area contributed by atoms with E-state index in [0.29, 0.717) is 0 Å². The van der Waals surface area contributed by atoms with Gasteiger partial charge in [-0.2, -0.15) is 11.8 Å². The summed E-state index contributed by atoms with van der Waals surface area (Å²) in [6.07, 6.45) is 3.94. The van der Waals surface area contributed by atoms with Crippen LogP contribution in [0.2, 0.25) is 0 Å². The van der Waals surface area contributed by atoms with Crippen LogP contribution in [0, 0.1) is 5.92 Å². The topological polar surface area (TPSA) is 24.1 Å². The quantitative estimate of drug-likeness (QED) is 0.743. The molecule has 1 atom stereocenters. The first kappa shape index (κ1) is 14.7. The molecular formula is C16H26N2S. The van der Waals surface area contributed by atoms with Crippen LogP contribution in [0.15, 0.2) is 24.3 Å². The van der Waals surface area contributed by atoms with Gasteiger partial charge >= 0.3 is 0 Å². The Bertz CT molecular complexity index is 344. The average molecular weight is 278 g/mol. The lowest BCUT2D eigenvalue weighted by Crippen LogP contribution is -2.33. The van der Waals surface area contributed by atoms with Crippen LogP contribution in [-0.2, 0) is 5.75 Å². The summed E-state index contributed by atoms with van der Waals surface area (Å²) in [5, 5.41) is 7.03. The Morgan fingerprint density at radius 3 is 2.84 bits per heavy atom. The maximum atomic E-state index is 3.56. The zero-order valence-electron chi connectivity index (χ0n) is 12.0. The maximum absolute atomic E-state index is 3.56. The van der Waals surface area contributed by atoms with Crippen LogP contribution in [0.5, 0.6) is 0 Å². The molecule has 1 aliphatic heterocycles. The summed E-state index contributed by atoms with van der Waals surface area (Å²) < 4.78 is 0. The van der Waals surface area contributed by atoms with Gasteiger partial charge in [0.1, 0.15) is 0 Å². The molecule has 3 heteroatoms. The van der Waals surface area contributed by atoms with Crippen molar-refractivity contribution in [1.29, 1.82) is 0 Å². The highest BCUT2D eigenvalue weighted by atomic mass is 32.2. The predicted octanol–water partition coefficient (Wildman–Crippen LogP) is 3.74. The summed E-state index contributed by atoms with van der Waals surface area (Å²) in [4.78, 5) is 0. The smallest absolute Gasteiger partial charge is 0.0340 e. The lowest BCUT2D eigenvalue weighted by Gasteiger charge is -2.23. The Balaban J connectivity index is 1.71. The number of hydrogen-bond donors (Lipinski definition) is 2. The van der Waals surface area contributed by atoms with Crippen LogP contribution in [0.3, 0.4) is 0 Å². The molecule has 0 radical (unpaired) electrons. The first-order valence-electron chi connectivity index (χ1n) is 7.49. The van der Waals surface area contributed by atoms with E-state index < -0.39 is 0 Å². The van der Waals surface area contributed by atoms with Gasteiger partial charge in [-0.25, -0.2) is 0 Å². The zero-order chi connectivity index (χ0) is 13.3. The van der Waals surface area contributed by atoms with E-state index in [1.807, 2.05) is 11.8 Å². The normalized spacial score (nSPS) is 19.3. The van der Waals surface area contributed by atoms with Crippen LogP contribution in [0.1, 0.15) is 31.7 Å². The molecule has 2 N–H and O–H groups in total. The van der Waals surface area contributed by atoms with Crippen molar-refractivity contribution >= 4 is 17.4 Å². The summed E-state index contributed by atoms with van der Waals surface area (Å²) in [5.41, 5.74) is 2.69. The molecule has 0 aromatic heterocycles. The summed E-state index contributed by atoms with van der Waals surface area (Å²) in [5.74, 6) is 3.18. The monoisotopic (exact) mass is 278 g/mol. The standard InChI is InChI=1S/C16H26N2S/c1-2-10-19-13-14-5-7-16(8-6-14)18-12-15-4-3-9-17-11-15/h5-8,15,17-18H,2-4,9-13H2,1H3. The number of benzene rings is 1. The molecule has 1 saturated heterocycles. The molecule has 1 unspecified atom stereocenters. The molecule has 1 fully saturated rings. The van der Waals surface area contributed by atoms with Gasteiger partial charge in [-0.05, 0) is 61.7 Å². The SMILES string of the molecule is CCCSCc1ccc(NCC2CCCNC2)cc1. The third-order valence-electron chi connectivity index (χ3n) is 3.56. The van der Waals surface area contributed by atoms with Crippen LogP contribution in [0.25, 0.3) is 0 Å². The fourth-order valence-electron chi connectivity index (χ4n) is 2.41. The van der Waals surface area contributed by atoms with Crippen molar-refractivity contribution in [3.8, 4) is 0 Å². The van der Waals surface area contributed by atoms with Gasteiger partial charge < -0.3 is 10.6 Å². The van der Waals surface area contributed by atoms with E-state index in [1.165, 1.54) is 49.4 Å². The van der Waals surface area contributed by atoms with Crippen LogP contribution in [-0.4, -0.2) is 25.4 Å². The van der Waals surface area contributed by atoms with Crippen molar-refractivity contribution in [2.24, 2.45) is 5.92 Å². The zero-order valence-corrected chi connectivity index (χ0v) is 12.8. The molecule has 0 amide bonds. The van der Waals surface area contributed by atoms with Crippen molar-refractivity contribution in [2.75, 3.05) is 30.7 Å². The largest absolute Gasteiger partial charge is 0.385 e. The van der Waals surface area contributed by atoms with Gasteiger partial charge in [-0.3, -0.25) is 0 Å². The highest BCUT2D eigenvalue weighted by Crippen LogP contribution is 2.17. The predicted molar refractivity (Wildman–Crippen MR) is 87.0 cm³/mol. The minimum absolute atomic E-state index is 0.786. The molecule has 0 spiro atoms. The summed E-state index contributed by atoms with van der Waals surface area (Å²) in [7, 11) is 0. The van der Waals surface area contributed by atoms with E-state index in [0.717, 1.165) is 18.2 Å². The molecule has 106 valence electrons. The van der Waals surface area contributed by atoms with E-state index in [1.54, 1.807) is 0 Å². The van der Waals surface area contributed by atoms with Crippen molar-refractivity contribution < 1.29 is 0 Å². The number of piperidine rings is 1. The number of anilines is 1. The number of hydrogen-bond acceptors (Lipinski definition) is 3. The van der Waals surface area contributed by atoms with Crippen LogP contribution < -0.4 is 10.6 Å². The molecule has 19 heavy (non-hydrogen) atoms. The fraction of sp³-hybridized carbons (Fsp3) is 0.625. The maximum Gasteiger partial charge on any atom is 0.0340 e. The van der Waals surface area contributed by atoms with Gasteiger partial charge in [-0.15, -0.1) is 0 Å². The Morgan fingerprint density at radius 2 is 2.16 bits per heavy atom. The Labute approximate surface area is 121 Å². The Kier molecular flexibility index (Phi) is 6.58. The lowest BCUT2D eigenvalue weighted by molar-refractivity contribution is 0.393. The van der Waals surface area contributed by atoms with Gasteiger partial charge in [-0.1, -0.05) is 19.1 Å². The number of rotatable bonds is 7. The molecule has 2 nitrogen and oxygen atoms in total. The molecule has 0 saturated carbocycles. The number of thioether (sulfide) groups is 1. The molecule has 0 aliphatic carbocycles. The van der Waals surface area contributed by atoms with Crippen molar-refractivity contribution in [3.05, 3.63) is 29.8 Å². The third-order valence-corrected chi connectivity index (χ3v) is 4.80. The fourth-order valence-corrected chi connectivity index (χ4v) is 3.27. The van der Waals surface area contributed by atoms with Crippen LogP contribution >= 0.6 is 11.8 Å². The Hall–Kier alpha value is -0.670. The van der Waals surface area contributed by atoms with Gasteiger partial charge in [0, 0.05) is 18.0 Å². The van der Waals surface area contributed by atoms with Crippen molar-refractivity contribution in [2.45, 2.75) is 31.9 Å². The minimum Gasteiger partial charge on any atom is -0.385 e. The van der Waals surface area contributed by atoms with E-state index in [4.69, 9.17) is 0 Å². The molecule has 2 rings (SSSR count). The molecule has 1 heterocycles. The Morgan fingerprint density at radius 1 is 1.32 bits per heavy atom. The van der Waals surface area contributed by atoms with E-state index in [-0.39, 0.29) is 0 Å². The van der Waals surface area contributed by atoms with Gasteiger partial charge in [0.15, 0.2) is 0 Å². The molecule has 0 bridgehead atoms. The highest BCUT2D eigenvalue weighted by molar-refractivity contribution is 7.98. The second-order valence-corrected chi connectivity index (χ2v) is 6.45. The lowest BCUT2D eigenvalue weighted by atomic mass is 10.00. The average Bonchev–Trinajstić information content (AvgIpc) is 2.48. The number of nitrogens with one attached hydrogen (secondary N) is 2. The highest BCUT2D eigenvalue weighted by Gasteiger charge is 2.12. The van der Waals surface area contributed by atoms with Crippen molar-refractivity contribution in [1.82, 2.24) is 5.32 Å². The van der Waals surface area contributed by atoms with E-state index >= 15 is 0 Å².